The monoisotopic (exact) mass is 309 g/mol. The first-order valence-electron chi connectivity index (χ1n) is 5.21. The summed E-state index contributed by atoms with van der Waals surface area (Å²) in [6, 6.07) is 10.9. The highest BCUT2D eigenvalue weighted by Crippen LogP contribution is 2.30. The summed E-state index contributed by atoms with van der Waals surface area (Å²) in [7, 11) is 0. The summed E-state index contributed by atoms with van der Waals surface area (Å²) in [4.78, 5) is 10.3. The Labute approximate surface area is 112 Å². The summed E-state index contributed by atoms with van der Waals surface area (Å²) in [6.45, 7) is 0. The number of halogens is 2. The predicted octanol–water partition coefficient (Wildman–Crippen LogP) is 4.30. The van der Waals surface area contributed by atoms with Gasteiger partial charge in [-0.25, -0.2) is 4.39 Å². The van der Waals surface area contributed by atoms with Gasteiger partial charge in [0, 0.05) is 5.33 Å². The second kappa shape index (κ2) is 5.27. The highest BCUT2D eigenvalue weighted by Gasteiger charge is 2.16. The van der Waals surface area contributed by atoms with E-state index in [9.17, 15) is 14.5 Å². The largest absolute Gasteiger partial charge is 0.280 e. The SMILES string of the molecule is O=[N+]([O-])c1cc(F)ccc1-c1ccc(CBr)cc1. The molecule has 0 N–H and O–H groups in total. The Morgan fingerprint density at radius 3 is 2.39 bits per heavy atom. The van der Waals surface area contributed by atoms with Crippen molar-refractivity contribution >= 4 is 21.6 Å². The highest BCUT2D eigenvalue weighted by atomic mass is 79.9. The lowest BCUT2D eigenvalue weighted by Gasteiger charge is -2.04. The van der Waals surface area contributed by atoms with E-state index < -0.39 is 10.7 Å². The van der Waals surface area contributed by atoms with Gasteiger partial charge in [0.05, 0.1) is 16.6 Å². The molecule has 2 aromatic carbocycles. The Morgan fingerprint density at radius 1 is 1.17 bits per heavy atom. The van der Waals surface area contributed by atoms with E-state index in [1.54, 1.807) is 12.1 Å². The number of hydrogen-bond acceptors (Lipinski definition) is 2. The highest BCUT2D eigenvalue weighted by molar-refractivity contribution is 9.08. The van der Waals surface area contributed by atoms with Crippen LogP contribution in [0.25, 0.3) is 11.1 Å². The van der Waals surface area contributed by atoms with E-state index in [-0.39, 0.29) is 5.69 Å². The van der Waals surface area contributed by atoms with Crippen LogP contribution in [0.15, 0.2) is 42.5 Å². The number of nitro benzene ring substituents is 1. The average Bonchev–Trinajstić information content (AvgIpc) is 2.39. The summed E-state index contributed by atoms with van der Waals surface area (Å²) in [5.41, 5.74) is 1.97. The number of rotatable bonds is 3. The van der Waals surface area contributed by atoms with Gasteiger partial charge in [-0.1, -0.05) is 40.2 Å². The van der Waals surface area contributed by atoms with Gasteiger partial charge in [0.15, 0.2) is 0 Å². The molecule has 0 radical (unpaired) electrons. The third-order valence-corrected chi connectivity index (χ3v) is 3.22. The van der Waals surface area contributed by atoms with Crippen molar-refractivity contribution in [2.24, 2.45) is 0 Å². The molecule has 0 spiro atoms. The van der Waals surface area contributed by atoms with Crippen LogP contribution in [0.3, 0.4) is 0 Å². The molecule has 0 aliphatic carbocycles. The van der Waals surface area contributed by atoms with Gasteiger partial charge in [0.2, 0.25) is 0 Å². The summed E-state index contributed by atoms with van der Waals surface area (Å²) in [6.07, 6.45) is 0. The second-order valence-electron chi connectivity index (χ2n) is 3.75. The lowest BCUT2D eigenvalue weighted by molar-refractivity contribution is -0.384. The molecule has 2 rings (SSSR count). The van der Waals surface area contributed by atoms with Gasteiger partial charge in [-0.15, -0.1) is 0 Å². The minimum absolute atomic E-state index is 0.221. The van der Waals surface area contributed by atoms with E-state index in [0.29, 0.717) is 11.1 Å². The molecular weight excluding hydrogens is 301 g/mol. The van der Waals surface area contributed by atoms with Crippen LogP contribution in [0.2, 0.25) is 0 Å². The van der Waals surface area contributed by atoms with Crippen molar-refractivity contribution in [1.82, 2.24) is 0 Å². The number of alkyl halides is 1. The number of nitrogens with zero attached hydrogens (tertiary/aromatic N) is 1. The van der Waals surface area contributed by atoms with Gasteiger partial charge < -0.3 is 0 Å². The standard InChI is InChI=1S/C13H9BrFNO2/c14-8-9-1-3-10(4-2-9)12-6-5-11(15)7-13(12)16(17)18/h1-7H,8H2. The van der Waals surface area contributed by atoms with Crippen LogP contribution >= 0.6 is 15.9 Å². The summed E-state index contributed by atoms with van der Waals surface area (Å²) < 4.78 is 13.0. The van der Waals surface area contributed by atoms with E-state index >= 15 is 0 Å². The van der Waals surface area contributed by atoms with Gasteiger partial charge in [0.25, 0.3) is 5.69 Å². The molecule has 3 nitrogen and oxygen atoms in total. The first kappa shape index (κ1) is 12.7. The van der Waals surface area contributed by atoms with E-state index in [2.05, 4.69) is 15.9 Å². The van der Waals surface area contributed by atoms with Crippen molar-refractivity contribution < 1.29 is 9.31 Å². The molecule has 0 aliphatic heterocycles. The van der Waals surface area contributed by atoms with Gasteiger partial charge >= 0.3 is 0 Å². The fourth-order valence-electron chi connectivity index (χ4n) is 1.67. The van der Waals surface area contributed by atoms with E-state index in [0.717, 1.165) is 17.0 Å². The van der Waals surface area contributed by atoms with Crippen LogP contribution in [0.1, 0.15) is 5.56 Å². The molecule has 0 amide bonds. The third kappa shape index (κ3) is 2.56. The molecule has 0 unspecified atom stereocenters. The zero-order valence-electron chi connectivity index (χ0n) is 9.27. The Bertz CT molecular complexity index is 584. The Kier molecular flexibility index (Phi) is 3.72. The van der Waals surface area contributed by atoms with E-state index in [1.165, 1.54) is 12.1 Å². The van der Waals surface area contributed by atoms with Crippen molar-refractivity contribution in [2.45, 2.75) is 5.33 Å². The lowest BCUT2D eigenvalue weighted by Crippen LogP contribution is -1.93. The minimum atomic E-state index is -0.609. The van der Waals surface area contributed by atoms with Crippen molar-refractivity contribution in [3.8, 4) is 11.1 Å². The second-order valence-corrected chi connectivity index (χ2v) is 4.31. The molecule has 0 saturated carbocycles. The predicted molar refractivity (Wildman–Crippen MR) is 71.1 cm³/mol. The van der Waals surface area contributed by atoms with Crippen molar-refractivity contribution in [1.29, 1.82) is 0 Å². The van der Waals surface area contributed by atoms with Gasteiger partial charge in [-0.3, -0.25) is 10.1 Å². The van der Waals surface area contributed by atoms with Crippen LogP contribution in [0.4, 0.5) is 10.1 Å². The van der Waals surface area contributed by atoms with Gasteiger partial charge in [-0.05, 0) is 23.3 Å². The van der Waals surface area contributed by atoms with Crippen molar-refractivity contribution in [2.75, 3.05) is 0 Å². The van der Waals surface area contributed by atoms with E-state index in [1.807, 2.05) is 12.1 Å². The molecular formula is C13H9BrFNO2. The molecule has 0 aliphatic rings. The minimum Gasteiger partial charge on any atom is -0.258 e. The maximum atomic E-state index is 13.0. The molecule has 0 heterocycles. The maximum Gasteiger partial charge on any atom is 0.280 e. The molecule has 0 saturated heterocycles. The van der Waals surface area contributed by atoms with Gasteiger partial charge in [-0.2, -0.15) is 0 Å². The van der Waals surface area contributed by atoms with Crippen LogP contribution in [0.5, 0.6) is 0 Å². The first-order chi connectivity index (χ1) is 8.61. The Balaban J connectivity index is 2.52. The first-order valence-corrected chi connectivity index (χ1v) is 6.33. The van der Waals surface area contributed by atoms with Crippen LogP contribution in [0, 0.1) is 15.9 Å². The third-order valence-electron chi connectivity index (χ3n) is 2.58. The van der Waals surface area contributed by atoms with Crippen LogP contribution in [-0.4, -0.2) is 4.92 Å². The van der Waals surface area contributed by atoms with Crippen molar-refractivity contribution in [3.05, 3.63) is 64.0 Å². The molecule has 0 bridgehead atoms. The molecule has 5 heteroatoms. The summed E-state index contributed by atoms with van der Waals surface area (Å²) >= 11 is 3.33. The van der Waals surface area contributed by atoms with Crippen molar-refractivity contribution in [3.63, 3.8) is 0 Å². The molecule has 2 aromatic rings. The lowest BCUT2D eigenvalue weighted by atomic mass is 10.0. The fraction of sp³-hybridized carbons (Fsp3) is 0.0769. The molecule has 0 fully saturated rings. The smallest absolute Gasteiger partial charge is 0.258 e. The normalized spacial score (nSPS) is 10.3. The zero-order chi connectivity index (χ0) is 13.1. The number of benzene rings is 2. The number of hydrogen-bond donors (Lipinski definition) is 0. The van der Waals surface area contributed by atoms with Gasteiger partial charge in [0.1, 0.15) is 5.82 Å². The summed E-state index contributed by atoms with van der Waals surface area (Å²) in [5, 5.41) is 11.6. The zero-order valence-corrected chi connectivity index (χ0v) is 10.9. The maximum absolute atomic E-state index is 13.0. The van der Waals surface area contributed by atoms with Crippen LogP contribution < -0.4 is 0 Å². The molecule has 18 heavy (non-hydrogen) atoms. The molecule has 92 valence electrons. The summed E-state index contributed by atoms with van der Waals surface area (Å²) in [5.74, 6) is -0.609. The quantitative estimate of drug-likeness (QED) is 0.482. The molecule has 0 aromatic heterocycles. The Hall–Kier alpha value is -1.75. The topological polar surface area (TPSA) is 43.1 Å². The van der Waals surface area contributed by atoms with Crippen LogP contribution in [-0.2, 0) is 5.33 Å². The fourth-order valence-corrected chi connectivity index (χ4v) is 2.05. The molecule has 0 atom stereocenters. The Morgan fingerprint density at radius 2 is 1.83 bits per heavy atom. The average molecular weight is 310 g/mol. The number of nitro groups is 1. The van der Waals surface area contributed by atoms with E-state index in [4.69, 9.17) is 0 Å².